The Morgan fingerprint density at radius 3 is 2.71 bits per heavy atom. The van der Waals surface area contributed by atoms with E-state index in [-0.39, 0.29) is 4.90 Å². The van der Waals surface area contributed by atoms with Crippen LogP contribution in [0.4, 0.5) is 0 Å². The number of benzene rings is 2. The number of fused-ring (bicyclic) bond motifs is 1. The van der Waals surface area contributed by atoms with Crippen molar-refractivity contribution in [3.63, 3.8) is 0 Å². The number of nitrogens with one attached hydrogen (secondary N) is 2. The van der Waals surface area contributed by atoms with E-state index in [0.29, 0.717) is 17.0 Å². The summed E-state index contributed by atoms with van der Waals surface area (Å²) in [6, 6.07) is 14.2. The molecule has 8 heteroatoms. The van der Waals surface area contributed by atoms with Crippen LogP contribution < -0.4 is 10.7 Å². The molecule has 0 spiro atoms. The molecule has 0 unspecified atom stereocenters. The number of aliphatic imine (C=N–C) groups is 1. The summed E-state index contributed by atoms with van der Waals surface area (Å²) in [7, 11) is -3.71. The lowest BCUT2D eigenvalue weighted by molar-refractivity contribution is 0.589. The van der Waals surface area contributed by atoms with Gasteiger partial charge in [0.05, 0.1) is 16.6 Å². The highest BCUT2D eigenvalue weighted by atomic mass is 32.2. The van der Waals surface area contributed by atoms with Crippen LogP contribution in [-0.2, 0) is 10.0 Å². The van der Waals surface area contributed by atoms with Crippen LogP contribution in [0.2, 0.25) is 0 Å². The summed E-state index contributed by atoms with van der Waals surface area (Å²) < 4.78 is 27.6. The van der Waals surface area contributed by atoms with Crippen molar-refractivity contribution in [1.82, 2.24) is 14.7 Å². The van der Waals surface area contributed by atoms with E-state index < -0.39 is 10.0 Å². The lowest BCUT2D eigenvalue weighted by Crippen LogP contribution is -2.38. The highest BCUT2D eigenvalue weighted by molar-refractivity contribution is 7.90. The Hall–Kier alpha value is -3.13. The molecule has 0 aliphatic carbocycles. The molecule has 3 aromatic rings. The van der Waals surface area contributed by atoms with Crippen molar-refractivity contribution < 1.29 is 8.42 Å². The first-order valence-corrected chi connectivity index (χ1v) is 10.5. The van der Waals surface area contributed by atoms with Gasteiger partial charge in [-0.3, -0.25) is 4.99 Å². The van der Waals surface area contributed by atoms with Crippen LogP contribution in [-0.4, -0.2) is 37.7 Å². The van der Waals surface area contributed by atoms with Crippen molar-refractivity contribution in [3.05, 3.63) is 65.9 Å². The zero-order chi connectivity index (χ0) is 19.6. The number of aryl methyl sites for hydroxylation is 1. The van der Waals surface area contributed by atoms with E-state index in [0.717, 1.165) is 30.5 Å². The van der Waals surface area contributed by atoms with Crippen LogP contribution in [0, 0.1) is 6.92 Å². The van der Waals surface area contributed by atoms with Gasteiger partial charge >= 0.3 is 0 Å². The summed E-state index contributed by atoms with van der Waals surface area (Å²) in [5, 5.41) is 8.15. The van der Waals surface area contributed by atoms with Crippen molar-refractivity contribution in [1.29, 1.82) is 0 Å². The van der Waals surface area contributed by atoms with E-state index in [1.807, 2.05) is 25.1 Å². The number of rotatable bonds is 4. The van der Waals surface area contributed by atoms with Crippen molar-refractivity contribution in [3.8, 4) is 0 Å². The quantitative estimate of drug-likeness (QED) is 0.525. The van der Waals surface area contributed by atoms with Gasteiger partial charge < -0.3 is 5.32 Å². The number of nitrogens with zero attached hydrogens (tertiary/aromatic N) is 3. The Kier molecular flexibility index (Phi) is 4.87. The molecule has 0 atom stereocenters. The standard InChI is InChI=1S/C20H21N5O2S/c1-15-7-9-17(10-8-15)28(26,27)25-14-16(18-5-2-3-6-19(18)25)13-23-24-20-21-11-4-12-22-20/h2-3,5-10,13-14H,4,11-12H2,1H3,(H2,21,22,24)/b23-13+. The first-order chi connectivity index (χ1) is 13.6. The fourth-order valence-electron chi connectivity index (χ4n) is 3.07. The second-order valence-corrected chi connectivity index (χ2v) is 8.41. The normalized spacial score (nSPS) is 14.8. The molecule has 0 saturated carbocycles. The third-order valence-corrected chi connectivity index (χ3v) is 6.25. The van der Waals surface area contributed by atoms with E-state index >= 15 is 0 Å². The second kappa shape index (κ2) is 7.47. The molecule has 1 aliphatic heterocycles. The highest BCUT2D eigenvalue weighted by Crippen LogP contribution is 2.25. The van der Waals surface area contributed by atoms with Gasteiger partial charge in [0.1, 0.15) is 0 Å². The highest BCUT2D eigenvalue weighted by Gasteiger charge is 2.20. The monoisotopic (exact) mass is 395 g/mol. The fourth-order valence-corrected chi connectivity index (χ4v) is 4.45. The summed E-state index contributed by atoms with van der Waals surface area (Å²) in [5.41, 5.74) is 5.19. The number of hydrogen-bond acceptors (Lipinski definition) is 6. The van der Waals surface area contributed by atoms with E-state index in [4.69, 9.17) is 0 Å². The van der Waals surface area contributed by atoms with Crippen molar-refractivity contribution in [2.75, 3.05) is 13.1 Å². The van der Waals surface area contributed by atoms with Crippen molar-refractivity contribution >= 4 is 33.1 Å². The predicted molar refractivity (Wildman–Crippen MR) is 111 cm³/mol. The number of para-hydroxylation sites is 1. The van der Waals surface area contributed by atoms with Crippen LogP contribution in [0.3, 0.4) is 0 Å². The summed E-state index contributed by atoms with van der Waals surface area (Å²) in [5.74, 6) is 0.624. The predicted octanol–water partition coefficient (Wildman–Crippen LogP) is 2.46. The van der Waals surface area contributed by atoms with Crippen LogP contribution in [0.15, 0.2) is 69.7 Å². The van der Waals surface area contributed by atoms with Gasteiger partial charge in [-0.2, -0.15) is 5.10 Å². The first-order valence-electron chi connectivity index (χ1n) is 9.05. The second-order valence-electron chi connectivity index (χ2n) is 6.60. The maximum Gasteiger partial charge on any atom is 0.268 e. The van der Waals surface area contributed by atoms with Crippen LogP contribution >= 0.6 is 0 Å². The van der Waals surface area contributed by atoms with Crippen LogP contribution in [0.1, 0.15) is 17.5 Å². The molecule has 2 aromatic carbocycles. The Labute approximate surface area is 163 Å². The average molecular weight is 395 g/mol. The third-order valence-electron chi connectivity index (χ3n) is 4.56. The zero-order valence-corrected chi connectivity index (χ0v) is 16.3. The fraction of sp³-hybridized carbons (Fsp3) is 0.200. The Bertz CT molecular complexity index is 1160. The lowest BCUT2D eigenvalue weighted by Gasteiger charge is -2.12. The smallest absolute Gasteiger partial charge is 0.268 e. The third kappa shape index (κ3) is 3.50. The molecule has 4 rings (SSSR count). The molecule has 0 saturated heterocycles. The topological polar surface area (TPSA) is 87.8 Å². The van der Waals surface area contributed by atoms with E-state index in [9.17, 15) is 8.42 Å². The SMILES string of the molecule is Cc1ccc(S(=O)(=O)n2cc(/C=N/NC3=NCCCN3)c3ccccc32)cc1. The molecule has 28 heavy (non-hydrogen) atoms. The van der Waals surface area contributed by atoms with Gasteiger partial charge in [0.2, 0.25) is 5.96 Å². The Morgan fingerprint density at radius 2 is 1.96 bits per heavy atom. The summed E-state index contributed by atoms with van der Waals surface area (Å²) >= 11 is 0. The minimum Gasteiger partial charge on any atom is -0.355 e. The molecule has 0 amide bonds. The molecular weight excluding hydrogens is 374 g/mol. The van der Waals surface area contributed by atoms with Gasteiger partial charge in [0.15, 0.2) is 0 Å². The Morgan fingerprint density at radius 1 is 1.18 bits per heavy atom. The van der Waals surface area contributed by atoms with Crippen molar-refractivity contribution in [2.24, 2.45) is 10.1 Å². The zero-order valence-electron chi connectivity index (χ0n) is 15.5. The van der Waals surface area contributed by atoms with E-state index in [1.54, 1.807) is 42.7 Å². The lowest BCUT2D eigenvalue weighted by atomic mass is 10.2. The van der Waals surface area contributed by atoms with Gasteiger partial charge in [-0.25, -0.2) is 17.8 Å². The van der Waals surface area contributed by atoms with Gasteiger partial charge in [-0.15, -0.1) is 0 Å². The molecule has 2 N–H and O–H groups in total. The van der Waals surface area contributed by atoms with Gasteiger partial charge in [0, 0.05) is 30.2 Å². The summed E-state index contributed by atoms with van der Waals surface area (Å²) in [4.78, 5) is 4.54. The van der Waals surface area contributed by atoms with Gasteiger partial charge in [-0.1, -0.05) is 35.9 Å². The minimum atomic E-state index is -3.71. The molecule has 2 heterocycles. The van der Waals surface area contributed by atoms with Crippen LogP contribution in [0.25, 0.3) is 10.9 Å². The summed E-state index contributed by atoms with van der Waals surface area (Å²) in [6.45, 7) is 3.54. The maximum atomic E-state index is 13.2. The molecule has 0 bridgehead atoms. The molecule has 0 fully saturated rings. The molecule has 0 radical (unpaired) electrons. The molecular formula is C20H21N5O2S. The van der Waals surface area contributed by atoms with Crippen LogP contribution in [0.5, 0.6) is 0 Å². The van der Waals surface area contributed by atoms with E-state index in [2.05, 4.69) is 20.8 Å². The molecule has 1 aliphatic rings. The van der Waals surface area contributed by atoms with Gasteiger partial charge in [-0.05, 0) is 31.5 Å². The molecule has 1 aromatic heterocycles. The molecule has 7 nitrogen and oxygen atoms in total. The minimum absolute atomic E-state index is 0.251. The average Bonchev–Trinajstić information content (AvgIpc) is 3.09. The number of hydrogen-bond donors (Lipinski definition) is 2. The first kappa shape index (κ1) is 18.2. The molecule has 144 valence electrons. The van der Waals surface area contributed by atoms with Gasteiger partial charge in [0.25, 0.3) is 10.0 Å². The number of guanidine groups is 1. The number of hydrazone groups is 1. The Balaban J connectivity index is 1.72. The van der Waals surface area contributed by atoms with E-state index in [1.165, 1.54) is 3.97 Å². The maximum absolute atomic E-state index is 13.2. The summed E-state index contributed by atoms with van der Waals surface area (Å²) in [6.07, 6.45) is 4.21. The largest absolute Gasteiger partial charge is 0.355 e. The number of aromatic nitrogens is 1. The van der Waals surface area contributed by atoms with Crippen molar-refractivity contribution in [2.45, 2.75) is 18.2 Å².